The minimum atomic E-state index is -0.459. The van der Waals surface area contributed by atoms with Crippen molar-refractivity contribution in [1.29, 1.82) is 0 Å². The average Bonchev–Trinajstić information content (AvgIpc) is 2.61. The van der Waals surface area contributed by atoms with Gasteiger partial charge in [-0.05, 0) is 26.2 Å². The average molecular weight is 343 g/mol. The fourth-order valence-corrected chi connectivity index (χ4v) is 2.05. The molecule has 0 bridgehead atoms. The third kappa shape index (κ3) is 5.25. The zero-order valence-electron chi connectivity index (χ0n) is 14.4. The molecular weight excluding hydrogens is 322 g/mol. The van der Waals surface area contributed by atoms with Crippen LogP contribution in [0.1, 0.15) is 20.8 Å². The van der Waals surface area contributed by atoms with Gasteiger partial charge < -0.3 is 20.3 Å². The summed E-state index contributed by atoms with van der Waals surface area (Å²) in [6.07, 6.45) is 1.30. The van der Waals surface area contributed by atoms with E-state index in [4.69, 9.17) is 4.74 Å². The van der Waals surface area contributed by atoms with Crippen molar-refractivity contribution in [2.24, 2.45) is 0 Å². The molecule has 0 saturated heterocycles. The summed E-state index contributed by atoms with van der Waals surface area (Å²) in [6, 6.07) is 8.42. The van der Waals surface area contributed by atoms with E-state index in [0.717, 1.165) is 6.54 Å². The molecule has 2 N–H and O–H groups in total. The smallest absolute Gasteiger partial charge is 0.339 e. The van der Waals surface area contributed by atoms with Gasteiger partial charge in [0.15, 0.2) is 0 Å². The van der Waals surface area contributed by atoms with Gasteiger partial charge in [0.1, 0.15) is 17.8 Å². The molecule has 0 atom stereocenters. The third-order valence-corrected chi connectivity index (χ3v) is 3.34. The highest BCUT2D eigenvalue weighted by molar-refractivity contribution is 5.96. The first-order valence-electron chi connectivity index (χ1n) is 7.70. The van der Waals surface area contributed by atoms with Crippen molar-refractivity contribution in [3.05, 3.63) is 47.9 Å². The van der Waals surface area contributed by atoms with E-state index in [1.54, 1.807) is 24.3 Å². The predicted molar refractivity (Wildman–Crippen MR) is 94.0 cm³/mol. The van der Waals surface area contributed by atoms with Gasteiger partial charge in [0.25, 0.3) is 5.91 Å². The van der Waals surface area contributed by atoms with Crippen LogP contribution in [-0.4, -0.2) is 61.0 Å². The summed E-state index contributed by atoms with van der Waals surface area (Å²) in [7, 11) is 5.18. The number of carbonyl (C=O) groups excluding carboxylic acids is 2. The van der Waals surface area contributed by atoms with Crippen molar-refractivity contribution in [1.82, 2.24) is 20.2 Å². The number of methoxy groups -OCH3 is 1. The van der Waals surface area contributed by atoms with Crippen molar-refractivity contribution in [3.8, 4) is 0 Å². The molecule has 0 spiro atoms. The van der Waals surface area contributed by atoms with Crippen LogP contribution in [0.5, 0.6) is 0 Å². The van der Waals surface area contributed by atoms with Gasteiger partial charge in [0.05, 0.1) is 18.4 Å². The Bertz CT molecular complexity index is 749. The summed E-state index contributed by atoms with van der Waals surface area (Å²) >= 11 is 0. The number of aromatic nitrogens is 2. The van der Waals surface area contributed by atoms with Crippen LogP contribution in [0.15, 0.2) is 36.7 Å². The van der Waals surface area contributed by atoms with E-state index in [0.29, 0.717) is 23.6 Å². The first kappa shape index (κ1) is 18.3. The van der Waals surface area contributed by atoms with Gasteiger partial charge in [-0.1, -0.05) is 12.1 Å². The second-order valence-corrected chi connectivity index (χ2v) is 5.51. The van der Waals surface area contributed by atoms with Crippen molar-refractivity contribution >= 4 is 23.4 Å². The molecule has 0 saturated carbocycles. The molecule has 8 heteroatoms. The molecule has 2 aromatic rings. The van der Waals surface area contributed by atoms with E-state index in [1.165, 1.54) is 19.5 Å². The number of ether oxygens (including phenoxy) is 1. The Labute approximate surface area is 146 Å². The Morgan fingerprint density at radius 1 is 1.20 bits per heavy atom. The SMILES string of the molecule is COC(=O)c1ccccc1Nc1cc(C(=O)NCCN(C)C)ncn1. The van der Waals surface area contributed by atoms with Gasteiger partial charge in [0, 0.05) is 19.2 Å². The molecule has 1 amide bonds. The molecule has 8 nitrogen and oxygen atoms in total. The van der Waals surface area contributed by atoms with Gasteiger partial charge >= 0.3 is 5.97 Å². The highest BCUT2D eigenvalue weighted by Crippen LogP contribution is 2.20. The Hall–Kier alpha value is -3.00. The summed E-state index contributed by atoms with van der Waals surface area (Å²) in [5, 5.41) is 5.80. The molecule has 0 fully saturated rings. The fraction of sp³-hybridized carbons (Fsp3) is 0.294. The zero-order chi connectivity index (χ0) is 18.2. The lowest BCUT2D eigenvalue weighted by Crippen LogP contribution is -2.31. The van der Waals surface area contributed by atoms with Crippen LogP contribution < -0.4 is 10.6 Å². The number of para-hydroxylation sites is 1. The van der Waals surface area contributed by atoms with Gasteiger partial charge in [-0.15, -0.1) is 0 Å². The predicted octanol–water partition coefficient (Wildman–Crippen LogP) is 1.30. The fourth-order valence-electron chi connectivity index (χ4n) is 2.05. The number of hydrogen-bond donors (Lipinski definition) is 2. The van der Waals surface area contributed by atoms with Crippen LogP contribution in [0.25, 0.3) is 0 Å². The van der Waals surface area contributed by atoms with Crippen LogP contribution in [0.4, 0.5) is 11.5 Å². The van der Waals surface area contributed by atoms with Crippen molar-refractivity contribution in [2.45, 2.75) is 0 Å². The maximum atomic E-state index is 12.1. The first-order chi connectivity index (χ1) is 12.0. The van der Waals surface area contributed by atoms with E-state index < -0.39 is 5.97 Å². The second-order valence-electron chi connectivity index (χ2n) is 5.51. The molecule has 0 aliphatic rings. The van der Waals surface area contributed by atoms with Gasteiger partial charge in [0.2, 0.25) is 0 Å². The lowest BCUT2D eigenvalue weighted by molar-refractivity contribution is 0.0601. The van der Waals surface area contributed by atoms with E-state index >= 15 is 0 Å². The number of esters is 1. The molecule has 25 heavy (non-hydrogen) atoms. The number of benzene rings is 1. The highest BCUT2D eigenvalue weighted by atomic mass is 16.5. The van der Waals surface area contributed by atoms with Crippen LogP contribution in [-0.2, 0) is 4.74 Å². The summed E-state index contributed by atoms with van der Waals surface area (Å²) < 4.78 is 4.76. The quantitative estimate of drug-likeness (QED) is 0.731. The number of rotatable bonds is 7. The minimum absolute atomic E-state index is 0.242. The molecule has 132 valence electrons. The number of nitrogens with zero attached hydrogens (tertiary/aromatic N) is 3. The molecule has 0 radical (unpaired) electrons. The first-order valence-corrected chi connectivity index (χ1v) is 7.70. The Morgan fingerprint density at radius 3 is 2.68 bits per heavy atom. The van der Waals surface area contributed by atoms with E-state index in [9.17, 15) is 9.59 Å². The molecule has 0 aliphatic carbocycles. The molecule has 1 heterocycles. The van der Waals surface area contributed by atoms with Gasteiger partial charge in [-0.2, -0.15) is 0 Å². The molecule has 1 aromatic carbocycles. The largest absolute Gasteiger partial charge is 0.465 e. The van der Waals surface area contributed by atoms with E-state index in [1.807, 2.05) is 19.0 Å². The van der Waals surface area contributed by atoms with Crippen LogP contribution in [0.3, 0.4) is 0 Å². The summed E-state index contributed by atoms with van der Waals surface area (Å²) in [4.78, 5) is 34.0. The number of carbonyl (C=O) groups is 2. The van der Waals surface area contributed by atoms with Gasteiger partial charge in [-0.25, -0.2) is 14.8 Å². The van der Waals surface area contributed by atoms with Crippen LogP contribution in [0.2, 0.25) is 0 Å². The van der Waals surface area contributed by atoms with Crippen molar-refractivity contribution in [2.75, 3.05) is 39.6 Å². The lowest BCUT2D eigenvalue weighted by atomic mass is 10.2. The monoisotopic (exact) mass is 343 g/mol. The zero-order valence-corrected chi connectivity index (χ0v) is 14.4. The maximum Gasteiger partial charge on any atom is 0.339 e. The van der Waals surface area contributed by atoms with E-state index in [2.05, 4.69) is 20.6 Å². The molecule has 2 rings (SSSR count). The number of amides is 1. The van der Waals surface area contributed by atoms with Crippen LogP contribution >= 0.6 is 0 Å². The molecule has 0 aliphatic heterocycles. The number of hydrogen-bond acceptors (Lipinski definition) is 7. The third-order valence-electron chi connectivity index (χ3n) is 3.34. The summed E-state index contributed by atoms with van der Waals surface area (Å²) in [6.45, 7) is 1.25. The minimum Gasteiger partial charge on any atom is -0.465 e. The molecule has 0 unspecified atom stereocenters. The molecule has 1 aromatic heterocycles. The van der Waals surface area contributed by atoms with Gasteiger partial charge in [-0.3, -0.25) is 4.79 Å². The van der Waals surface area contributed by atoms with E-state index in [-0.39, 0.29) is 11.6 Å². The molecular formula is C17H21N5O3. The topological polar surface area (TPSA) is 96.4 Å². The highest BCUT2D eigenvalue weighted by Gasteiger charge is 2.13. The maximum absolute atomic E-state index is 12.1. The normalized spacial score (nSPS) is 10.4. The number of nitrogens with one attached hydrogen (secondary N) is 2. The Morgan fingerprint density at radius 2 is 1.96 bits per heavy atom. The van der Waals surface area contributed by atoms with Crippen molar-refractivity contribution < 1.29 is 14.3 Å². The number of anilines is 2. The Balaban J connectivity index is 2.12. The van der Waals surface area contributed by atoms with Crippen molar-refractivity contribution in [3.63, 3.8) is 0 Å². The Kier molecular flexibility index (Phi) is 6.41. The summed E-state index contributed by atoms with van der Waals surface area (Å²) in [5.74, 6) is -0.337. The van der Waals surface area contributed by atoms with Crippen LogP contribution in [0, 0.1) is 0 Å². The summed E-state index contributed by atoms with van der Waals surface area (Å²) in [5.41, 5.74) is 1.15. The second kappa shape index (κ2) is 8.74. The lowest BCUT2D eigenvalue weighted by Gasteiger charge is -2.11. The number of likely N-dealkylation sites (N-methyl/N-ethyl adjacent to an activating group) is 1. The standard InChI is InChI=1S/C17H21N5O3/c1-22(2)9-8-18-16(23)14-10-15(20-11-19-14)21-13-7-5-4-6-12(13)17(24)25-3/h4-7,10-11H,8-9H2,1-3H3,(H,18,23)(H,19,20,21).